The number of aliphatic hydroxyl groups excluding tert-OH is 1. The van der Waals surface area contributed by atoms with Crippen LogP contribution in [0.15, 0.2) is 24.3 Å². The largest absolute Gasteiger partial charge is 0.472 e. The molecule has 0 aromatic carbocycles. The van der Waals surface area contributed by atoms with Gasteiger partial charge in [0.1, 0.15) is 19.3 Å². The zero-order chi connectivity index (χ0) is 72.7. The van der Waals surface area contributed by atoms with Crippen molar-refractivity contribution in [2.75, 3.05) is 39.6 Å². The van der Waals surface area contributed by atoms with Gasteiger partial charge in [0.2, 0.25) is 0 Å². The standard InChI is InChI=1S/C80H152O17P2/c1-6-9-12-15-18-20-22-24-26-27-28-29-33-38-42-46-51-56-61-66-80(85)97-76(70-91-78(83)64-59-54-49-44-40-36-34-30-32-35-39-43-48-52-57-62-73(4)5)72-95-99(88,89)93-68-74(81)67-92-98(86,87)94-71-75(69-90-77(82)63-58-53-47-17-14-11-8-3)96-79(84)65-60-55-50-45-41-37-31-25-23-21-19-16-13-10-7-2/h21,23,25,31,73-76,81H,6-20,22,24,26-30,32-72H2,1-5H3,(H,86,87)(H,88,89)/b23-21-,31-25-/t74-,75+,76+/m0/s1. The monoisotopic (exact) mass is 1450 g/mol. The highest BCUT2D eigenvalue weighted by Gasteiger charge is 2.30. The third kappa shape index (κ3) is 73.6. The van der Waals surface area contributed by atoms with Crippen molar-refractivity contribution in [3.8, 4) is 0 Å². The molecular formula is C80H152O17P2. The van der Waals surface area contributed by atoms with Gasteiger partial charge in [-0.1, -0.05) is 348 Å². The number of aliphatic hydroxyl groups is 1. The summed E-state index contributed by atoms with van der Waals surface area (Å²) in [6, 6.07) is 0. The van der Waals surface area contributed by atoms with Gasteiger partial charge in [0.25, 0.3) is 0 Å². The molecule has 0 aromatic rings. The highest BCUT2D eigenvalue weighted by Crippen LogP contribution is 2.45. The Morgan fingerprint density at radius 2 is 0.545 bits per heavy atom. The Bertz CT molecular complexity index is 1990. The Labute approximate surface area is 605 Å². The van der Waals surface area contributed by atoms with Crippen molar-refractivity contribution in [3.63, 3.8) is 0 Å². The minimum atomic E-state index is -4.96. The molecule has 0 bridgehead atoms. The molecule has 0 aliphatic carbocycles. The fraction of sp³-hybridized carbons (Fsp3) is 0.900. The smallest absolute Gasteiger partial charge is 0.462 e. The van der Waals surface area contributed by atoms with Crippen LogP contribution in [0.4, 0.5) is 0 Å². The van der Waals surface area contributed by atoms with Gasteiger partial charge in [-0.05, 0) is 57.3 Å². The summed E-state index contributed by atoms with van der Waals surface area (Å²) in [5, 5.41) is 10.6. The molecule has 2 unspecified atom stereocenters. The van der Waals surface area contributed by atoms with Gasteiger partial charge in [0.15, 0.2) is 12.2 Å². The molecule has 0 spiro atoms. The first-order valence-electron chi connectivity index (χ1n) is 41.0. The van der Waals surface area contributed by atoms with Gasteiger partial charge in [0, 0.05) is 25.7 Å². The highest BCUT2D eigenvalue weighted by atomic mass is 31.2. The lowest BCUT2D eigenvalue weighted by molar-refractivity contribution is -0.161. The average molecular weight is 1450 g/mol. The molecule has 0 amide bonds. The fourth-order valence-electron chi connectivity index (χ4n) is 11.9. The molecule has 0 fully saturated rings. The first-order valence-corrected chi connectivity index (χ1v) is 43.9. The molecule has 584 valence electrons. The lowest BCUT2D eigenvalue weighted by Crippen LogP contribution is -2.30. The lowest BCUT2D eigenvalue weighted by atomic mass is 10.0. The van der Waals surface area contributed by atoms with E-state index in [9.17, 15) is 43.2 Å². The van der Waals surface area contributed by atoms with Crippen molar-refractivity contribution in [1.82, 2.24) is 0 Å². The first-order chi connectivity index (χ1) is 48.0. The van der Waals surface area contributed by atoms with E-state index in [0.29, 0.717) is 25.7 Å². The van der Waals surface area contributed by atoms with E-state index in [1.54, 1.807) is 0 Å². The van der Waals surface area contributed by atoms with Crippen molar-refractivity contribution in [3.05, 3.63) is 24.3 Å². The van der Waals surface area contributed by atoms with Gasteiger partial charge in [-0.25, -0.2) is 9.13 Å². The van der Waals surface area contributed by atoms with Crippen molar-refractivity contribution in [1.29, 1.82) is 0 Å². The summed E-state index contributed by atoms with van der Waals surface area (Å²) in [7, 11) is -9.92. The number of esters is 4. The maximum atomic E-state index is 13.1. The van der Waals surface area contributed by atoms with E-state index >= 15 is 0 Å². The van der Waals surface area contributed by atoms with Crippen LogP contribution >= 0.6 is 15.6 Å². The average Bonchev–Trinajstić information content (AvgIpc) is 1.09. The van der Waals surface area contributed by atoms with Gasteiger partial charge < -0.3 is 33.8 Å². The number of ether oxygens (including phenoxy) is 4. The van der Waals surface area contributed by atoms with Gasteiger partial charge in [0.05, 0.1) is 26.4 Å². The fourth-order valence-corrected chi connectivity index (χ4v) is 13.4. The molecular weight excluding hydrogens is 1290 g/mol. The summed E-state index contributed by atoms with van der Waals surface area (Å²) in [5.41, 5.74) is 0. The number of carbonyl (C=O) groups excluding carboxylic acids is 4. The SMILES string of the molecule is CCCCCC/C=C\C=C/CCCCCCCC(=O)O[C@H](COC(=O)CCCCCCCCC)COP(=O)(O)OC[C@H](O)COP(=O)(O)OC[C@@H](COC(=O)CCCCCCCCCCCCCCCCCC(C)C)OC(=O)CCCCCCCCCCCCCCCCCCCCC. The Balaban J connectivity index is 5.21. The molecule has 0 saturated heterocycles. The highest BCUT2D eigenvalue weighted by molar-refractivity contribution is 7.47. The Kier molecular flexibility index (Phi) is 70.7. The van der Waals surface area contributed by atoms with E-state index in [1.807, 2.05) is 0 Å². The summed E-state index contributed by atoms with van der Waals surface area (Å²) >= 11 is 0. The van der Waals surface area contributed by atoms with Crippen LogP contribution in [0.5, 0.6) is 0 Å². The predicted octanol–water partition coefficient (Wildman–Crippen LogP) is 23.6. The molecule has 0 heterocycles. The first kappa shape index (κ1) is 96.5. The number of allylic oxidation sites excluding steroid dienone is 4. The molecule has 0 saturated carbocycles. The van der Waals surface area contributed by atoms with E-state index in [-0.39, 0.29) is 25.7 Å². The van der Waals surface area contributed by atoms with Crippen molar-refractivity contribution < 1.29 is 80.2 Å². The normalized spacial score (nSPS) is 14.0. The Morgan fingerprint density at radius 1 is 0.313 bits per heavy atom. The summed E-state index contributed by atoms with van der Waals surface area (Å²) in [6.45, 7) is 7.24. The lowest BCUT2D eigenvalue weighted by Gasteiger charge is -2.21. The van der Waals surface area contributed by atoms with Crippen LogP contribution < -0.4 is 0 Å². The van der Waals surface area contributed by atoms with Gasteiger partial charge in [-0.2, -0.15) is 0 Å². The number of phosphoric acid groups is 2. The molecule has 5 atom stereocenters. The second kappa shape index (κ2) is 72.5. The second-order valence-corrected chi connectivity index (χ2v) is 31.5. The van der Waals surface area contributed by atoms with Crippen molar-refractivity contribution in [2.24, 2.45) is 5.92 Å². The number of carbonyl (C=O) groups is 4. The molecule has 19 heteroatoms. The molecule has 0 radical (unpaired) electrons. The number of unbranched alkanes of at least 4 members (excludes halogenated alkanes) is 47. The van der Waals surface area contributed by atoms with Crippen molar-refractivity contribution in [2.45, 2.75) is 419 Å². The van der Waals surface area contributed by atoms with Gasteiger partial charge in [-0.15, -0.1) is 0 Å². The molecule has 99 heavy (non-hydrogen) atoms. The molecule has 17 nitrogen and oxygen atoms in total. The molecule has 0 aliphatic heterocycles. The van der Waals surface area contributed by atoms with Gasteiger partial charge >= 0.3 is 39.5 Å². The van der Waals surface area contributed by atoms with Crippen LogP contribution in [0.25, 0.3) is 0 Å². The molecule has 0 aliphatic rings. The van der Waals surface area contributed by atoms with Crippen LogP contribution in [0.2, 0.25) is 0 Å². The quantitative estimate of drug-likeness (QED) is 0.0169. The molecule has 0 rings (SSSR count). The Morgan fingerprint density at radius 3 is 0.828 bits per heavy atom. The number of hydrogen-bond acceptors (Lipinski definition) is 15. The van der Waals surface area contributed by atoms with E-state index in [1.165, 1.54) is 199 Å². The van der Waals surface area contributed by atoms with E-state index < -0.39 is 97.5 Å². The van der Waals surface area contributed by atoms with Crippen LogP contribution in [0.3, 0.4) is 0 Å². The molecule has 0 aromatic heterocycles. The van der Waals surface area contributed by atoms with E-state index in [2.05, 4.69) is 58.9 Å². The van der Waals surface area contributed by atoms with Crippen LogP contribution in [-0.4, -0.2) is 96.7 Å². The summed E-state index contributed by atoms with van der Waals surface area (Å²) in [4.78, 5) is 72.8. The van der Waals surface area contributed by atoms with E-state index in [0.717, 1.165) is 121 Å². The predicted molar refractivity (Wildman–Crippen MR) is 404 cm³/mol. The topological polar surface area (TPSA) is 237 Å². The molecule has 3 N–H and O–H groups in total. The third-order valence-electron chi connectivity index (χ3n) is 18.2. The maximum absolute atomic E-state index is 13.1. The summed E-state index contributed by atoms with van der Waals surface area (Å²) in [5.74, 6) is -1.34. The number of rotatable bonds is 78. The zero-order valence-corrected chi connectivity index (χ0v) is 65.9. The summed E-state index contributed by atoms with van der Waals surface area (Å²) in [6.07, 6.45) is 66.2. The zero-order valence-electron chi connectivity index (χ0n) is 64.1. The van der Waals surface area contributed by atoms with Crippen molar-refractivity contribution >= 4 is 39.5 Å². The number of phosphoric ester groups is 2. The number of hydrogen-bond donors (Lipinski definition) is 3. The maximum Gasteiger partial charge on any atom is 0.472 e. The minimum absolute atomic E-state index is 0.0850. The summed E-state index contributed by atoms with van der Waals surface area (Å²) < 4.78 is 68.5. The Hall–Kier alpha value is -2.46. The van der Waals surface area contributed by atoms with E-state index in [4.69, 9.17) is 37.0 Å². The third-order valence-corrected chi connectivity index (χ3v) is 20.1. The minimum Gasteiger partial charge on any atom is -0.462 e. The van der Waals surface area contributed by atoms with Gasteiger partial charge in [-0.3, -0.25) is 37.3 Å². The van der Waals surface area contributed by atoms with Crippen LogP contribution in [0.1, 0.15) is 401 Å². The van der Waals surface area contributed by atoms with Crippen LogP contribution in [0, 0.1) is 5.92 Å². The second-order valence-electron chi connectivity index (χ2n) is 28.6. The van der Waals surface area contributed by atoms with Crippen LogP contribution in [-0.2, 0) is 65.4 Å².